The predicted molar refractivity (Wildman–Crippen MR) is 98.6 cm³/mol. The van der Waals surface area contributed by atoms with E-state index in [2.05, 4.69) is 16.7 Å². The van der Waals surface area contributed by atoms with Gasteiger partial charge >= 0.3 is 0 Å². The maximum absolute atomic E-state index is 12.4. The summed E-state index contributed by atoms with van der Waals surface area (Å²) >= 11 is 7.62. The van der Waals surface area contributed by atoms with E-state index in [0.717, 1.165) is 29.8 Å². The number of rotatable bonds is 5. The van der Waals surface area contributed by atoms with Crippen molar-refractivity contribution in [3.8, 4) is 0 Å². The van der Waals surface area contributed by atoms with Gasteiger partial charge < -0.3 is 10.6 Å². The summed E-state index contributed by atoms with van der Waals surface area (Å²) in [6, 6.07) is 11.9. The van der Waals surface area contributed by atoms with Crippen LogP contribution < -0.4 is 10.6 Å². The number of amides is 1. The summed E-state index contributed by atoms with van der Waals surface area (Å²) in [7, 11) is 0. The number of carbonyl (C=O) groups excluding carboxylic acids is 1. The molecule has 23 heavy (non-hydrogen) atoms. The predicted octanol–water partition coefficient (Wildman–Crippen LogP) is 4.17. The molecule has 2 heterocycles. The number of thiophene rings is 1. The van der Waals surface area contributed by atoms with E-state index in [1.165, 1.54) is 0 Å². The van der Waals surface area contributed by atoms with Gasteiger partial charge in [0.2, 0.25) is 5.91 Å². The molecule has 0 spiro atoms. The van der Waals surface area contributed by atoms with Gasteiger partial charge in [0.05, 0.1) is 6.04 Å². The van der Waals surface area contributed by atoms with E-state index >= 15 is 0 Å². The van der Waals surface area contributed by atoms with E-state index < -0.39 is 0 Å². The summed E-state index contributed by atoms with van der Waals surface area (Å²) in [5, 5.41) is 9.27. The first-order valence-corrected chi connectivity index (χ1v) is 8.80. The van der Waals surface area contributed by atoms with Gasteiger partial charge in [0.15, 0.2) is 0 Å². The van der Waals surface area contributed by atoms with Crippen LogP contribution in [-0.2, 0) is 4.79 Å². The van der Waals surface area contributed by atoms with Crippen molar-refractivity contribution in [3.05, 3.63) is 57.2 Å². The summed E-state index contributed by atoms with van der Waals surface area (Å²) in [6.45, 7) is 1.02. The third kappa shape index (κ3) is 4.95. The SMILES string of the molecule is Cl.O=C(CC1CCCN1)NC(c1ccc(Cl)cc1)c1cccs1. The Kier molecular flexibility index (Phi) is 6.90. The van der Waals surface area contributed by atoms with Gasteiger partial charge in [-0.05, 0) is 48.5 Å². The Hall–Kier alpha value is -1.07. The van der Waals surface area contributed by atoms with Crippen LogP contribution in [0.5, 0.6) is 0 Å². The van der Waals surface area contributed by atoms with Crippen LogP contribution in [0, 0.1) is 0 Å². The molecule has 2 aromatic rings. The van der Waals surface area contributed by atoms with Crippen molar-refractivity contribution >= 4 is 41.3 Å². The molecule has 124 valence electrons. The number of hydrogen-bond donors (Lipinski definition) is 2. The third-order valence-electron chi connectivity index (χ3n) is 3.93. The van der Waals surface area contributed by atoms with E-state index in [9.17, 15) is 4.79 Å². The monoisotopic (exact) mass is 370 g/mol. The molecule has 3 nitrogen and oxygen atoms in total. The lowest BCUT2D eigenvalue weighted by atomic mass is 10.0. The molecule has 0 radical (unpaired) electrons. The molecule has 1 aromatic carbocycles. The molecule has 2 unspecified atom stereocenters. The second-order valence-electron chi connectivity index (χ2n) is 5.56. The van der Waals surface area contributed by atoms with E-state index in [1.54, 1.807) is 11.3 Å². The maximum Gasteiger partial charge on any atom is 0.222 e. The molecular formula is C17H20Cl2N2OS. The first kappa shape index (κ1) is 18.3. The zero-order chi connectivity index (χ0) is 15.4. The zero-order valence-corrected chi connectivity index (χ0v) is 15.0. The van der Waals surface area contributed by atoms with Crippen LogP contribution in [0.4, 0.5) is 0 Å². The van der Waals surface area contributed by atoms with Gasteiger partial charge in [-0.3, -0.25) is 4.79 Å². The molecule has 2 N–H and O–H groups in total. The Morgan fingerprint density at radius 2 is 2.13 bits per heavy atom. The second kappa shape index (κ2) is 8.69. The van der Waals surface area contributed by atoms with Crippen LogP contribution in [0.3, 0.4) is 0 Å². The molecule has 1 amide bonds. The van der Waals surface area contributed by atoms with Crippen molar-refractivity contribution in [1.82, 2.24) is 10.6 Å². The van der Waals surface area contributed by atoms with E-state index in [4.69, 9.17) is 11.6 Å². The Balaban J connectivity index is 0.00000192. The fourth-order valence-electron chi connectivity index (χ4n) is 2.80. The molecule has 1 aliphatic rings. The Bertz CT molecular complexity index is 610. The standard InChI is InChI=1S/C17H19ClN2OS.ClH/c18-13-7-5-12(6-8-13)17(15-4-2-10-22-15)20-16(21)11-14-3-1-9-19-14;/h2,4-8,10,14,17,19H,1,3,9,11H2,(H,20,21);1H. The third-order valence-corrected chi connectivity index (χ3v) is 5.12. The minimum Gasteiger partial charge on any atom is -0.344 e. The van der Waals surface area contributed by atoms with Gasteiger partial charge in [-0.1, -0.05) is 29.8 Å². The van der Waals surface area contributed by atoms with Crippen LogP contribution in [0.25, 0.3) is 0 Å². The summed E-state index contributed by atoms with van der Waals surface area (Å²) in [4.78, 5) is 13.5. The minimum absolute atomic E-state index is 0. The largest absolute Gasteiger partial charge is 0.344 e. The first-order chi connectivity index (χ1) is 10.7. The summed E-state index contributed by atoms with van der Waals surface area (Å²) in [5.74, 6) is 0.0905. The van der Waals surface area contributed by atoms with Gasteiger partial charge in [-0.2, -0.15) is 0 Å². The highest BCUT2D eigenvalue weighted by atomic mass is 35.5. The van der Waals surface area contributed by atoms with Gasteiger partial charge in [-0.25, -0.2) is 0 Å². The smallest absolute Gasteiger partial charge is 0.222 e. The minimum atomic E-state index is -0.105. The summed E-state index contributed by atoms with van der Waals surface area (Å²) in [6.07, 6.45) is 2.77. The molecule has 2 atom stereocenters. The van der Waals surface area contributed by atoms with Gasteiger partial charge in [0.1, 0.15) is 0 Å². The average molecular weight is 371 g/mol. The molecular weight excluding hydrogens is 351 g/mol. The van der Waals surface area contributed by atoms with Crippen molar-refractivity contribution in [2.75, 3.05) is 6.54 Å². The lowest BCUT2D eigenvalue weighted by Gasteiger charge is -2.19. The molecule has 0 saturated carbocycles. The average Bonchev–Trinajstić information content (AvgIpc) is 3.19. The van der Waals surface area contributed by atoms with E-state index in [-0.39, 0.29) is 24.4 Å². The van der Waals surface area contributed by atoms with Gasteiger partial charge in [0, 0.05) is 22.4 Å². The number of carbonyl (C=O) groups is 1. The summed E-state index contributed by atoms with van der Waals surface area (Å²) < 4.78 is 0. The molecule has 0 bridgehead atoms. The van der Waals surface area contributed by atoms with Crippen molar-refractivity contribution in [2.24, 2.45) is 0 Å². The fourth-order valence-corrected chi connectivity index (χ4v) is 3.73. The molecule has 1 aromatic heterocycles. The Labute approximate surface area is 151 Å². The van der Waals surface area contributed by atoms with E-state index in [1.807, 2.05) is 35.7 Å². The molecule has 1 saturated heterocycles. The highest BCUT2D eigenvalue weighted by Crippen LogP contribution is 2.27. The number of halogens is 2. The Morgan fingerprint density at radius 1 is 1.35 bits per heavy atom. The van der Waals surface area contributed by atoms with Crippen molar-refractivity contribution in [3.63, 3.8) is 0 Å². The van der Waals surface area contributed by atoms with Crippen LogP contribution in [0.2, 0.25) is 5.02 Å². The van der Waals surface area contributed by atoms with Gasteiger partial charge in [-0.15, -0.1) is 23.7 Å². The molecule has 1 aliphatic heterocycles. The fraction of sp³-hybridized carbons (Fsp3) is 0.353. The highest BCUT2D eigenvalue weighted by Gasteiger charge is 2.22. The first-order valence-electron chi connectivity index (χ1n) is 7.54. The second-order valence-corrected chi connectivity index (χ2v) is 6.98. The van der Waals surface area contributed by atoms with Crippen molar-refractivity contribution < 1.29 is 4.79 Å². The van der Waals surface area contributed by atoms with Crippen molar-refractivity contribution in [1.29, 1.82) is 0 Å². The quantitative estimate of drug-likeness (QED) is 0.828. The molecule has 3 rings (SSSR count). The van der Waals surface area contributed by atoms with Crippen LogP contribution >= 0.6 is 35.3 Å². The number of benzene rings is 1. The topological polar surface area (TPSA) is 41.1 Å². The molecule has 6 heteroatoms. The van der Waals surface area contributed by atoms with Crippen LogP contribution in [0.1, 0.15) is 35.7 Å². The molecule has 0 aliphatic carbocycles. The normalized spacial score (nSPS) is 18.2. The number of nitrogens with one attached hydrogen (secondary N) is 2. The zero-order valence-electron chi connectivity index (χ0n) is 12.6. The van der Waals surface area contributed by atoms with E-state index in [0.29, 0.717) is 17.5 Å². The lowest BCUT2D eigenvalue weighted by Crippen LogP contribution is -2.34. The highest BCUT2D eigenvalue weighted by molar-refractivity contribution is 7.10. The summed E-state index contributed by atoms with van der Waals surface area (Å²) in [5.41, 5.74) is 1.06. The number of hydrogen-bond acceptors (Lipinski definition) is 3. The maximum atomic E-state index is 12.4. The van der Waals surface area contributed by atoms with Gasteiger partial charge in [0.25, 0.3) is 0 Å². The van der Waals surface area contributed by atoms with Crippen LogP contribution in [0.15, 0.2) is 41.8 Å². The van der Waals surface area contributed by atoms with Crippen molar-refractivity contribution in [2.45, 2.75) is 31.3 Å². The lowest BCUT2D eigenvalue weighted by molar-refractivity contribution is -0.122. The molecule has 1 fully saturated rings. The Morgan fingerprint density at radius 3 is 2.74 bits per heavy atom. The van der Waals surface area contributed by atoms with Crippen LogP contribution in [-0.4, -0.2) is 18.5 Å².